The van der Waals surface area contributed by atoms with Crippen molar-refractivity contribution in [3.05, 3.63) is 12.7 Å². The zero-order chi connectivity index (χ0) is 10.1. The molecule has 0 spiro atoms. The molecule has 7 nitrogen and oxygen atoms in total. The van der Waals surface area contributed by atoms with Crippen LogP contribution in [0.5, 0.6) is 0 Å². The van der Waals surface area contributed by atoms with Crippen LogP contribution >= 0.6 is 0 Å². The Balaban J connectivity index is 2.16. The molecule has 14 heavy (non-hydrogen) atoms. The van der Waals surface area contributed by atoms with E-state index in [1.54, 1.807) is 0 Å². The lowest BCUT2D eigenvalue weighted by molar-refractivity contribution is -0.0587. The maximum absolute atomic E-state index is 9.56. The predicted molar refractivity (Wildman–Crippen MR) is 43.0 cm³/mol. The van der Waals surface area contributed by atoms with Gasteiger partial charge in [0.1, 0.15) is 31.0 Å². The average molecular weight is 201 g/mol. The van der Waals surface area contributed by atoms with Crippen molar-refractivity contribution in [3.8, 4) is 0 Å². The second kappa shape index (κ2) is 3.62. The van der Waals surface area contributed by atoms with Crippen molar-refractivity contribution in [1.82, 2.24) is 14.8 Å². The molecule has 0 aromatic carbocycles. The fraction of sp³-hybridized carbons (Fsp3) is 0.714. The molecule has 7 heteroatoms. The fourth-order valence-electron chi connectivity index (χ4n) is 1.45. The van der Waals surface area contributed by atoms with Gasteiger partial charge in [0.15, 0.2) is 6.23 Å². The van der Waals surface area contributed by atoms with Crippen LogP contribution in [0.25, 0.3) is 0 Å². The highest BCUT2D eigenvalue weighted by Crippen LogP contribution is 2.27. The van der Waals surface area contributed by atoms with Gasteiger partial charge in [-0.3, -0.25) is 0 Å². The Morgan fingerprint density at radius 2 is 2.14 bits per heavy atom. The molecule has 0 aliphatic carbocycles. The number of hydrogen-bond acceptors (Lipinski definition) is 6. The first kappa shape index (κ1) is 9.53. The molecule has 1 fully saturated rings. The van der Waals surface area contributed by atoms with Gasteiger partial charge < -0.3 is 20.1 Å². The molecule has 2 heterocycles. The summed E-state index contributed by atoms with van der Waals surface area (Å²) in [5.41, 5.74) is 0. The van der Waals surface area contributed by atoms with Gasteiger partial charge in [0.05, 0.1) is 6.61 Å². The molecule has 0 amide bonds. The van der Waals surface area contributed by atoms with E-state index in [1.807, 2.05) is 0 Å². The Kier molecular flexibility index (Phi) is 2.46. The highest BCUT2D eigenvalue weighted by Gasteiger charge is 2.43. The van der Waals surface area contributed by atoms with Gasteiger partial charge in [-0.1, -0.05) is 0 Å². The van der Waals surface area contributed by atoms with E-state index >= 15 is 0 Å². The van der Waals surface area contributed by atoms with E-state index in [9.17, 15) is 10.2 Å². The van der Waals surface area contributed by atoms with Gasteiger partial charge >= 0.3 is 0 Å². The first-order valence-electron chi connectivity index (χ1n) is 4.20. The summed E-state index contributed by atoms with van der Waals surface area (Å²) in [6.45, 7) is -0.344. The minimum atomic E-state index is -1.10. The quantitative estimate of drug-likeness (QED) is 0.506. The van der Waals surface area contributed by atoms with E-state index in [1.165, 1.54) is 17.3 Å². The van der Waals surface area contributed by atoms with Crippen molar-refractivity contribution in [2.75, 3.05) is 6.61 Å². The number of hydrogen-bond donors (Lipinski definition) is 3. The van der Waals surface area contributed by atoms with E-state index in [0.29, 0.717) is 0 Å². The minimum absolute atomic E-state index is 0.344. The summed E-state index contributed by atoms with van der Waals surface area (Å²) in [5, 5.41) is 31.6. The molecule has 2 unspecified atom stereocenters. The van der Waals surface area contributed by atoms with Gasteiger partial charge in [0.2, 0.25) is 0 Å². The molecule has 0 radical (unpaired) electrons. The molecule has 1 saturated heterocycles. The largest absolute Gasteiger partial charge is 0.394 e. The maximum Gasteiger partial charge on any atom is 0.180 e. The molecular weight excluding hydrogens is 190 g/mol. The molecular formula is C7H11N3O4. The first-order chi connectivity index (χ1) is 6.74. The molecule has 2 rings (SSSR count). The van der Waals surface area contributed by atoms with E-state index < -0.39 is 24.5 Å². The lowest BCUT2D eigenvalue weighted by atomic mass is 10.1. The summed E-state index contributed by atoms with van der Waals surface area (Å²) in [6, 6.07) is 0. The van der Waals surface area contributed by atoms with Crippen LogP contribution in [0.1, 0.15) is 6.23 Å². The van der Waals surface area contributed by atoms with Gasteiger partial charge in [-0.25, -0.2) is 9.67 Å². The van der Waals surface area contributed by atoms with E-state index in [0.717, 1.165) is 0 Å². The summed E-state index contributed by atoms with van der Waals surface area (Å²) < 4.78 is 6.49. The zero-order valence-electron chi connectivity index (χ0n) is 7.26. The van der Waals surface area contributed by atoms with Crippen LogP contribution in [0.15, 0.2) is 12.7 Å². The molecule has 3 N–H and O–H groups in total. The Labute approximate surface area is 79.6 Å². The lowest BCUT2D eigenvalue weighted by Crippen LogP contribution is -2.33. The van der Waals surface area contributed by atoms with Crippen molar-refractivity contribution < 1.29 is 20.1 Å². The van der Waals surface area contributed by atoms with Crippen molar-refractivity contribution >= 4 is 0 Å². The Hall–Kier alpha value is -1.02. The van der Waals surface area contributed by atoms with E-state index in [2.05, 4.69) is 10.1 Å². The number of aliphatic hydroxyl groups is 3. The normalized spacial score (nSPS) is 37.6. The summed E-state index contributed by atoms with van der Waals surface area (Å²) in [4.78, 5) is 3.69. The van der Waals surface area contributed by atoms with Crippen LogP contribution in [0, 0.1) is 0 Å². The van der Waals surface area contributed by atoms with Crippen molar-refractivity contribution in [3.63, 3.8) is 0 Å². The molecule has 1 aromatic heterocycles. The van der Waals surface area contributed by atoms with Gasteiger partial charge in [0, 0.05) is 0 Å². The molecule has 1 aliphatic heterocycles. The molecule has 1 aromatic rings. The smallest absolute Gasteiger partial charge is 0.180 e. The summed E-state index contributed by atoms with van der Waals surface area (Å²) >= 11 is 0. The fourth-order valence-corrected chi connectivity index (χ4v) is 1.45. The van der Waals surface area contributed by atoms with Gasteiger partial charge in [-0.05, 0) is 0 Å². The Bertz CT molecular complexity index is 291. The third-order valence-corrected chi connectivity index (χ3v) is 2.21. The standard InChI is InChI=1S/C7H11N3O4/c11-1-4-5(12)6(13)7(14-4)10-3-8-2-9-10/h2-7,11-13H,1H2/t4-,5?,6?,7-/m1/s1. The number of nitrogens with zero attached hydrogens (tertiary/aromatic N) is 3. The zero-order valence-corrected chi connectivity index (χ0v) is 7.26. The van der Waals surface area contributed by atoms with E-state index in [4.69, 9.17) is 9.84 Å². The topological polar surface area (TPSA) is 101 Å². The Morgan fingerprint density at radius 3 is 2.64 bits per heavy atom. The molecule has 0 bridgehead atoms. The van der Waals surface area contributed by atoms with Crippen LogP contribution in [0.4, 0.5) is 0 Å². The minimum Gasteiger partial charge on any atom is -0.394 e. The number of rotatable bonds is 2. The molecule has 1 aliphatic rings. The van der Waals surface area contributed by atoms with Gasteiger partial charge in [-0.15, -0.1) is 0 Å². The second-order valence-electron chi connectivity index (χ2n) is 3.10. The predicted octanol–water partition coefficient (Wildman–Crippen LogP) is -2.11. The first-order valence-corrected chi connectivity index (χ1v) is 4.20. The van der Waals surface area contributed by atoms with E-state index in [-0.39, 0.29) is 6.61 Å². The van der Waals surface area contributed by atoms with Crippen LogP contribution in [0.3, 0.4) is 0 Å². The number of aliphatic hydroxyl groups excluding tert-OH is 3. The van der Waals surface area contributed by atoms with Crippen LogP contribution in [-0.2, 0) is 4.74 Å². The van der Waals surface area contributed by atoms with Crippen molar-refractivity contribution in [2.45, 2.75) is 24.5 Å². The van der Waals surface area contributed by atoms with Crippen molar-refractivity contribution in [1.29, 1.82) is 0 Å². The molecule has 78 valence electrons. The number of ether oxygens (including phenoxy) is 1. The highest BCUT2D eigenvalue weighted by atomic mass is 16.6. The highest BCUT2D eigenvalue weighted by molar-refractivity contribution is 4.88. The molecule has 0 saturated carbocycles. The maximum atomic E-state index is 9.56. The van der Waals surface area contributed by atoms with Gasteiger partial charge in [-0.2, -0.15) is 5.10 Å². The third-order valence-electron chi connectivity index (χ3n) is 2.21. The summed E-state index contributed by atoms with van der Waals surface area (Å²) in [7, 11) is 0. The summed E-state index contributed by atoms with van der Waals surface area (Å²) in [5.74, 6) is 0. The SMILES string of the molecule is OC[C@H]1O[C@@H](n2cncn2)C(O)C1O. The molecule has 4 atom stereocenters. The summed E-state index contributed by atoms with van der Waals surface area (Å²) in [6.07, 6.45) is -1.10. The van der Waals surface area contributed by atoms with Crippen LogP contribution in [-0.4, -0.2) is 55.0 Å². The second-order valence-corrected chi connectivity index (χ2v) is 3.10. The third kappa shape index (κ3) is 1.40. The van der Waals surface area contributed by atoms with Crippen molar-refractivity contribution in [2.24, 2.45) is 0 Å². The Morgan fingerprint density at radius 1 is 1.36 bits per heavy atom. The van der Waals surface area contributed by atoms with Crippen LogP contribution in [0.2, 0.25) is 0 Å². The lowest BCUT2D eigenvalue weighted by Gasteiger charge is -2.13. The number of aromatic nitrogens is 3. The van der Waals surface area contributed by atoms with Crippen LogP contribution < -0.4 is 0 Å². The monoisotopic (exact) mass is 201 g/mol. The average Bonchev–Trinajstić information content (AvgIpc) is 2.78. The van der Waals surface area contributed by atoms with Gasteiger partial charge in [0.25, 0.3) is 0 Å².